The van der Waals surface area contributed by atoms with Crippen LogP contribution in [0.5, 0.6) is 0 Å². The lowest BCUT2D eigenvalue weighted by Gasteiger charge is -2.21. The Morgan fingerprint density at radius 2 is 0.593 bits per heavy atom. The summed E-state index contributed by atoms with van der Waals surface area (Å²) < 4.78 is 0. The van der Waals surface area contributed by atoms with Gasteiger partial charge in [-0.25, -0.2) is 0 Å². The van der Waals surface area contributed by atoms with Crippen molar-refractivity contribution in [3.8, 4) is 22.3 Å². The van der Waals surface area contributed by atoms with Crippen molar-refractivity contribution >= 4 is 97.0 Å². The molecule has 12 rings (SSSR count). The summed E-state index contributed by atoms with van der Waals surface area (Å²) in [6.07, 6.45) is 0. The highest BCUT2D eigenvalue weighted by Crippen LogP contribution is 2.55. The summed E-state index contributed by atoms with van der Waals surface area (Å²) >= 11 is 0. The molecular weight excluding hydrogens is 649 g/mol. The first kappa shape index (κ1) is 30.0. The molecule has 0 heterocycles. The second kappa shape index (κ2) is 10.6. The van der Waals surface area contributed by atoms with Crippen LogP contribution in [-0.2, 0) is 0 Å². The monoisotopic (exact) mass is 684 g/mol. The lowest BCUT2D eigenvalue weighted by Crippen LogP contribution is -1.95. The summed E-state index contributed by atoms with van der Waals surface area (Å²) in [6, 6.07) is 55.5. The Labute approximate surface area is 313 Å². The fourth-order valence-electron chi connectivity index (χ4n) is 10.6. The van der Waals surface area contributed by atoms with Gasteiger partial charge in [0, 0.05) is 0 Å². The maximum absolute atomic E-state index is 2.58. The fourth-order valence-corrected chi connectivity index (χ4v) is 10.6. The summed E-state index contributed by atoms with van der Waals surface area (Å²) in [5, 5.41) is 24.0. The second-order valence-corrected chi connectivity index (χ2v) is 15.7. The zero-order valence-corrected chi connectivity index (χ0v) is 30.9. The molecule has 0 saturated carbocycles. The van der Waals surface area contributed by atoms with Crippen LogP contribution in [-0.4, -0.2) is 0 Å². The number of aryl methyl sites for hydroxylation is 4. The van der Waals surface area contributed by atoms with Gasteiger partial charge in [-0.05, 0) is 193 Å². The summed E-state index contributed by atoms with van der Waals surface area (Å²) in [5.41, 5.74) is 10.6. The van der Waals surface area contributed by atoms with Crippen molar-refractivity contribution in [2.45, 2.75) is 27.7 Å². The van der Waals surface area contributed by atoms with E-state index in [4.69, 9.17) is 0 Å². The van der Waals surface area contributed by atoms with Gasteiger partial charge in [-0.2, -0.15) is 0 Å². The normalized spacial score (nSPS) is 12.4. The van der Waals surface area contributed by atoms with E-state index in [-0.39, 0.29) is 0 Å². The van der Waals surface area contributed by atoms with Crippen LogP contribution in [0.15, 0.2) is 146 Å². The van der Waals surface area contributed by atoms with Crippen LogP contribution < -0.4 is 0 Å². The molecule has 0 N–H and O–H groups in total. The summed E-state index contributed by atoms with van der Waals surface area (Å²) in [6.45, 7) is 9.20. The third kappa shape index (κ3) is 3.73. The lowest BCUT2D eigenvalue weighted by atomic mass is 9.81. The van der Waals surface area contributed by atoms with Crippen LogP contribution >= 0.6 is 0 Å². The van der Waals surface area contributed by atoms with Crippen molar-refractivity contribution in [3.63, 3.8) is 0 Å². The van der Waals surface area contributed by atoms with E-state index < -0.39 is 0 Å². The van der Waals surface area contributed by atoms with E-state index >= 15 is 0 Å². The highest BCUT2D eigenvalue weighted by atomic mass is 14.3. The molecule has 252 valence electrons. The van der Waals surface area contributed by atoms with E-state index in [0.29, 0.717) is 0 Å². The van der Waals surface area contributed by atoms with Gasteiger partial charge in [0.1, 0.15) is 0 Å². The van der Waals surface area contributed by atoms with Crippen molar-refractivity contribution in [2.24, 2.45) is 0 Å². The van der Waals surface area contributed by atoms with Crippen molar-refractivity contribution in [3.05, 3.63) is 168 Å². The van der Waals surface area contributed by atoms with Crippen LogP contribution in [0.25, 0.3) is 119 Å². The van der Waals surface area contributed by atoms with E-state index in [9.17, 15) is 0 Å². The minimum Gasteiger partial charge on any atom is -0.0617 e. The predicted octanol–water partition coefficient (Wildman–Crippen LogP) is 15.5. The minimum absolute atomic E-state index is 1.29. The van der Waals surface area contributed by atoms with Crippen LogP contribution in [0.1, 0.15) is 22.3 Å². The molecule has 0 fully saturated rings. The summed E-state index contributed by atoms with van der Waals surface area (Å²) in [4.78, 5) is 0. The molecular formula is C54H36. The first-order valence-electron chi connectivity index (χ1n) is 19.2. The molecule has 12 aromatic rings. The van der Waals surface area contributed by atoms with Crippen molar-refractivity contribution in [1.29, 1.82) is 0 Å². The Morgan fingerprint density at radius 3 is 1.13 bits per heavy atom. The quantitative estimate of drug-likeness (QED) is 0.159. The molecule has 54 heavy (non-hydrogen) atoms. The largest absolute Gasteiger partial charge is 0.0617 e. The first-order chi connectivity index (χ1) is 26.5. The van der Waals surface area contributed by atoms with Gasteiger partial charge >= 0.3 is 0 Å². The third-order valence-electron chi connectivity index (χ3n) is 12.8. The van der Waals surface area contributed by atoms with Crippen LogP contribution in [0.4, 0.5) is 0 Å². The third-order valence-corrected chi connectivity index (χ3v) is 12.8. The van der Waals surface area contributed by atoms with Crippen LogP contribution in [0.3, 0.4) is 0 Å². The predicted molar refractivity (Wildman–Crippen MR) is 236 cm³/mol. The van der Waals surface area contributed by atoms with Gasteiger partial charge in [-0.1, -0.05) is 121 Å². The topological polar surface area (TPSA) is 0 Å². The van der Waals surface area contributed by atoms with Gasteiger partial charge in [0.25, 0.3) is 0 Å². The van der Waals surface area contributed by atoms with E-state index in [1.54, 1.807) is 0 Å². The van der Waals surface area contributed by atoms with Gasteiger partial charge in [-0.3, -0.25) is 0 Å². The number of hydrogen-bond acceptors (Lipinski definition) is 0. The van der Waals surface area contributed by atoms with Gasteiger partial charge in [0.05, 0.1) is 0 Å². The molecule has 0 unspecified atom stereocenters. The minimum atomic E-state index is 1.29. The average Bonchev–Trinajstić information content (AvgIpc) is 3.68. The molecule has 0 saturated heterocycles. The molecule has 0 spiro atoms. The Morgan fingerprint density at radius 1 is 0.222 bits per heavy atom. The smallest absolute Gasteiger partial charge is 0.000698 e. The Kier molecular flexibility index (Phi) is 5.87. The molecule has 0 amide bonds. The van der Waals surface area contributed by atoms with Gasteiger partial charge in [0.15, 0.2) is 0 Å². The van der Waals surface area contributed by atoms with E-state index in [2.05, 4.69) is 173 Å². The average molecular weight is 685 g/mol. The first-order valence-corrected chi connectivity index (χ1v) is 19.2. The van der Waals surface area contributed by atoms with Gasteiger partial charge in [0.2, 0.25) is 0 Å². The lowest BCUT2D eigenvalue weighted by molar-refractivity contribution is 1.39. The van der Waals surface area contributed by atoms with Gasteiger partial charge < -0.3 is 0 Å². The van der Waals surface area contributed by atoms with E-state index in [1.165, 1.54) is 141 Å². The number of hydrogen-bond donors (Lipinski definition) is 0. The van der Waals surface area contributed by atoms with Crippen molar-refractivity contribution in [2.75, 3.05) is 0 Å². The van der Waals surface area contributed by atoms with E-state index in [0.717, 1.165) is 0 Å². The van der Waals surface area contributed by atoms with Crippen LogP contribution in [0, 0.1) is 27.7 Å². The molecule has 0 aliphatic rings. The Balaban J connectivity index is 1.44. The zero-order valence-electron chi connectivity index (χ0n) is 30.9. The Bertz CT molecular complexity index is 3540. The maximum Gasteiger partial charge on any atom is -0.000698 e. The highest BCUT2D eigenvalue weighted by Gasteiger charge is 2.27. The van der Waals surface area contributed by atoms with Gasteiger partial charge in [-0.15, -0.1) is 0 Å². The molecule has 0 radical (unpaired) electrons. The molecule has 0 bridgehead atoms. The molecule has 12 aromatic carbocycles. The Hall–Kier alpha value is -6.50. The van der Waals surface area contributed by atoms with Crippen molar-refractivity contribution in [1.82, 2.24) is 0 Å². The molecule has 0 aliphatic carbocycles. The fraction of sp³-hybridized carbons (Fsp3) is 0.0741. The molecule has 0 nitrogen and oxygen atoms in total. The molecule has 0 heteroatoms. The number of benzene rings is 10. The highest BCUT2D eigenvalue weighted by molar-refractivity contribution is 6.44. The van der Waals surface area contributed by atoms with Crippen LogP contribution in [0.2, 0.25) is 0 Å². The zero-order chi connectivity index (χ0) is 36.0. The number of rotatable bonds is 2. The number of fused-ring (bicyclic) bond motifs is 11. The summed E-state index contributed by atoms with van der Waals surface area (Å²) in [5.74, 6) is 0. The second-order valence-electron chi connectivity index (χ2n) is 15.7. The standard InChI is InChI=1S/C54H36/c1-29-13-9-14-30(2)47(29)52-45-28-42-41(39-23-11-21-37-35-19-7-5-17-33(35)25-43(42)49(37)39)27-44(45)53(48-31(3)15-10-16-32(48)4)54-46-26-34-18-6-8-20-36(34)38-22-12-24-40(50(38)46)51(52)54/h5-28H,1-4H3. The molecule has 0 aromatic heterocycles. The summed E-state index contributed by atoms with van der Waals surface area (Å²) in [7, 11) is 0. The SMILES string of the molecule is Cc1cccc(C)c1-c1c2cc3c(cc2c(-c2c(C)cccc2C)c2c4cc5ccccc5c5cccc(c12)c54)c1cccc2c4ccccc4cc3c21. The molecule has 0 aliphatic heterocycles. The molecule has 0 atom stereocenters. The maximum atomic E-state index is 2.58. The van der Waals surface area contributed by atoms with E-state index in [1.807, 2.05) is 0 Å². The van der Waals surface area contributed by atoms with Crippen molar-refractivity contribution < 1.29 is 0 Å².